The molecule has 166 valence electrons. The summed E-state index contributed by atoms with van der Waals surface area (Å²) in [4.78, 5) is 15.9. The van der Waals surface area contributed by atoms with Gasteiger partial charge in [-0.2, -0.15) is 13.2 Å². The van der Waals surface area contributed by atoms with Crippen molar-refractivity contribution in [2.45, 2.75) is 41.6 Å². The molecule has 0 spiro atoms. The van der Waals surface area contributed by atoms with E-state index in [1.54, 1.807) is 13.2 Å². The number of nitrogens with zero attached hydrogens (tertiary/aromatic N) is 1. The van der Waals surface area contributed by atoms with E-state index in [-0.39, 0.29) is 11.0 Å². The first-order chi connectivity index (χ1) is 14.7. The number of carbonyl (C=O) groups excluding carboxylic acids is 1. The number of Topliss-reactive ketones (excluding diaryl/α,β-unsaturated/α-hetero) is 1. The molecule has 0 aromatic heterocycles. The summed E-state index contributed by atoms with van der Waals surface area (Å²) in [5.74, 6) is 0.634. The molecule has 4 nitrogen and oxygen atoms in total. The molecule has 31 heavy (non-hydrogen) atoms. The van der Waals surface area contributed by atoms with Crippen molar-refractivity contribution in [3.05, 3.63) is 53.1 Å². The number of halogens is 3. The molecule has 1 unspecified atom stereocenters. The third-order valence-corrected chi connectivity index (χ3v) is 7.14. The smallest absolute Gasteiger partial charge is 0.416 e. The van der Waals surface area contributed by atoms with Crippen molar-refractivity contribution in [2.75, 3.05) is 32.6 Å². The summed E-state index contributed by atoms with van der Waals surface area (Å²) < 4.78 is 43.9. The molecule has 2 aromatic rings. The molecule has 0 radical (unpaired) electrons. The molecule has 1 aliphatic heterocycles. The van der Waals surface area contributed by atoms with Crippen LogP contribution in [0.1, 0.15) is 34.3 Å². The number of ketones is 1. The number of likely N-dealkylation sites (tertiary alicyclic amines) is 1. The maximum absolute atomic E-state index is 13.0. The first-order valence-electron chi connectivity index (χ1n) is 10.3. The van der Waals surface area contributed by atoms with Crippen molar-refractivity contribution < 1.29 is 22.7 Å². The lowest BCUT2D eigenvalue weighted by atomic mass is 10.0. The number of piperidine rings is 1. The highest BCUT2D eigenvalue weighted by molar-refractivity contribution is 8.00. The maximum atomic E-state index is 13.0. The molecule has 1 saturated heterocycles. The predicted molar refractivity (Wildman–Crippen MR) is 116 cm³/mol. The Morgan fingerprint density at radius 2 is 1.81 bits per heavy atom. The number of alkyl halides is 3. The van der Waals surface area contributed by atoms with E-state index in [1.807, 2.05) is 6.07 Å². The van der Waals surface area contributed by atoms with Gasteiger partial charge in [0.25, 0.3) is 0 Å². The van der Waals surface area contributed by atoms with Gasteiger partial charge in [0.15, 0.2) is 5.78 Å². The number of hydrogen-bond acceptors (Lipinski definition) is 5. The zero-order valence-electron chi connectivity index (χ0n) is 17.5. The molecule has 1 N–H and O–H groups in total. The quantitative estimate of drug-likeness (QED) is 0.685. The van der Waals surface area contributed by atoms with Gasteiger partial charge in [0.05, 0.1) is 23.6 Å². The Kier molecular flexibility index (Phi) is 6.21. The Balaban J connectivity index is 1.49. The number of ether oxygens (including phenoxy) is 1. The normalized spacial score (nSPS) is 20.0. The molecule has 0 amide bonds. The molecule has 0 bridgehead atoms. The van der Waals surface area contributed by atoms with Crippen LogP contribution in [0.15, 0.2) is 41.3 Å². The predicted octanol–water partition coefficient (Wildman–Crippen LogP) is 5.12. The average molecular weight is 451 g/mol. The third-order valence-electron chi connectivity index (χ3n) is 5.93. The topological polar surface area (TPSA) is 41.6 Å². The summed E-state index contributed by atoms with van der Waals surface area (Å²) in [7, 11) is 3.71. The van der Waals surface area contributed by atoms with Gasteiger partial charge in [-0.3, -0.25) is 4.79 Å². The van der Waals surface area contributed by atoms with Crippen LogP contribution in [-0.4, -0.2) is 49.2 Å². The zero-order chi connectivity index (χ0) is 22.2. The number of methoxy groups -OCH3 is 1. The second-order valence-electron chi connectivity index (χ2n) is 8.13. The number of thioether (sulfide) groups is 1. The second-order valence-corrected chi connectivity index (χ2v) is 9.40. The molecule has 0 saturated carbocycles. The van der Waals surface area contributed by atoms with E-state index in [0.717, 1.165) is 49.3 Å². The fourth-order valence-corrected chi connectivity index (χ4v) is 5.24. The van der Waals surface area contributed by atoms with Crippen molar-refractivity contribution in [2.24, 2.45) is 0 Å². The first-order valence-corrected chi connectivity index (χ1v) is 11.2. The number of fused-ring (bicyclic) bond motifs is 1. The second kappa shape index (κ2) is 8.74. The fraction of sp³-hybridized carbons (Fsp3) is 0.435. The largest absolute Gasteiger partial charge is 0.495 e. The Bertz CT molecular complexity index is 955. The van der Waals surface area contributed by atoms with Gasteiger partial charge in [-0.1, -0.05) is 0 Å². The first kappa shape index (κ1) is 22.0. The van der Waals surface area contributed by atoms with Crippen LogP contribution in [0.25, 0.3) is 0 Å². The molecule has 1 heterocycles. The molecular weight excluding hydrogens is 425 g/mol. The molecular formula is C23H25F3N2O2S. The van der Waals surface area contributed by atoms with E-state index < -0.39 is 11.7 Å². The van der Waals surface area contributed by atoms with Crippen molar-refractivity contribution >= 4 is 23.2 Å². The lowest BCUT2D eigenvalue weighted by Crippen LogP contribution is -2.36. The van der Waals surface area contributed by atoms with Gasteiger partial charge >= 0.3 is 6.18 Å². The number of carbonyl (C=O) groups is 1. The summed E-state index contributed by atoms with van der Waals surface area (Å²) in [5, 5.41) is 3.22. The van der Waals surface area contributed by atoms with Crippen LogP contribution < -0.4 is 10.1 Å². The minimum absolute atomic E-state index is 0.0101. The molecule has 1 fully saturated rings. The van der Waals surface area contributed by atoms with E-state index in [1.165, 1.54) is 23.9 Å². The van der Waals surface area contributed by atoms with Crippen molar-refractivity contribution in [1.82, 2.24) is 4.90 Å². The van der Waals surface area contributed by atoms with Gasteiger partial charge in [0.2, 0.25) is 0 Å². The zero-order valence-corrected chi connectivity index (χ0v) is 18.3. The van der Waals surface area contributed by atoms with Crippen LogP contribution >= 0.6 is 11.8 Å². The molecule has 2 aliphatic rings. The lowest BCUT2D eigenvalue weighted by molar-refractivity contribution is -0.137. The van der Waals surface area contributed by atoms with E-state index in [9.17, 15) is 18.0 Å². The number of hydrogen-bond donors (Lipinski definition) is 1. The van der Waals surface area contributed by atoms with Gasteiger partial charge < -0.3 is 15.0 Å². The minimum Gasteiger partial charge on any atom is -0.495 e. The molecule has 2 aromatic carbocycles. The summed E-state index contributed by atoms with van der Waals surface area (Å²) in [6.45, 7) is 2.07. The lowest BCUT2D eigenvalue weighted by Gasteiger charge is -2.30. The Hall–Kier alpha value is -2.19. The van der Waals surface area contributed by atoms with Gasteiger partial charge in [-0.05, 0) is 81.4 Å². The highest BCUT2D eigenvalue weighted by atomic mass is 32.2. The molecule has 1 atom stereocenters. The van der Waals surface area contributed by atoms with E-state index >= 15 is 0 Å². The third kappa shape index (κ3) is 4.85. The number of nitrogens with one attached hydrogen (secondary N) is 1. The van der Waals surface area contributed by atoms with Gasteiger partial charge in [-0.15, -0.1) is 11.8 Å². The number of benzene rings is 2. The SMILES string of the molecule is COc1cc2c(cc1NC1CCN(C)CC1)CC(Sc1ccc(C(F)(F)F)cc1)C2=O. The summed E-state index contributed by atoms with van der Waals surface area (Å²) in [6.07, 6.45) is -1.73. The van der Waals surface area contributed by atoms with E-state index in [0.29, 0.717) is 28.7 Å². The van der Waals surface area contributed by atoms with Crippen molar-refractivity contribution in [1.29, 1.82) is 0 Å². The van der Waals surface area contributed by atoms with Crippen LogP contribution in [-0.2, 0) is 12.6 Å². The Labute approximate surface area is 184 Å². The Morgan fingerprint density at radius 3 is 2.42 bits per heavy atom. The van der Waals surface area contributed by atoms with Crippen LogP contribution in [0.3, 0.4) is 0 Å². The van der Waals surface area contributed by atoms with Crippen LogP contribution in [0.5, 0.6) is 5.75 Å². The molecule has 8 heteroatoms. The molecule has 4 rings (SSSR count). The van der Waals surface area contributed by atoms with Gasteiger partial charge in [0.1, 0.15) is 5.75 Å². The minimum atomic E-state index is -4.36. The fourth-order valence-electron chi connectivity index (χ4n) is 4.13. The average Bonchev–Trinajstić information content (AvgIpc) is 3.03. The Morgan fingerprint density at radius 1 is 1.13 bits per heavy atom. The number of rotatable bonds is 5. The highest BCUT2D eigenvalue weighted by Crippen LogP contribution is 2.40. The van der Waals surface area contributed by atoms with Gasteiger partial charge in [-0.25, -0.2) is 0 Å². The highest BCUT2D eigenvalue weighted by Gasteiger charge is 2.34. The maximum Gasteiger partial charge on any atom is 0.416 e. The van der Waals surface area contributed by atoms with Crippen LogP contribution in [0.2, 0.25) is 0 Å². The van der Waals surface area contributed by atoms with E-state index in [4.69, 9.17) is 4.74 Å². The summed E-state index contributed by atoms with van der Waals surface area (Å²) in [5.41, 5.74) is 1.79. The monoisotopic (exact) mass is 450 g/mol. The van der Waals surface area contributed by atoms with E-state index in [2.05, 4.69) is 17.3 Å². The molecule has 1 aliphatic carbocycles. The summed E-state index contributed by atoms with van der Waals surface area (Å²) >= 11 is 1.31. The van der Waals surface area contributed by atoms with Crippen molar-refractivity contribution in [3.8, 4) is 5.75 Å². The standard InChI is InChI=1S/C23H25F3N2O2S/c1-28-9-7-16(8-10-28)27-19-11-14-12-21(22(29)18(14)13-20(19)30-2)31-17-5-3-15(4-6-17)23(24,25)26/h3-6,11,13,16,21,27H,7-10,12H2,1-2H3. The van der Waals surface area contributed by atoms with Crippen LogP contribution in [0, 0.1) is 0 Å². The van der Waals surface area contributed by atoms with Gasteiger partial charge in [0, 0.05) is 16.5 Å². The van der Waals surface area contributed by atoms with Crippen LogP contribution in [0.4, 0.5) is 18.9 Å². The van der Waals surface area contributed by atoms with Crippen molar-refractivity contribution in [3.63, 3.8) is 0 Å². The summed E-state index contributed by atoms with van der Waals surface area (Å²) in [6, 6.07) is 9.12. The number of anilines is 1.